The van der Waals surface area contributed by atoms with Gasteiger partial charge in [0.05, 0.1) is 22.5 Å². The number of alkyl halides is 3. The van der Waals surface area contributed by atoms with Crippen LogP contribution in [0.1, 0.15) is 42.3 Å². The van der Waals surface area contributed by atoms with Crippen molar-refractivity contribution in [3.8, 4) is 0 Å². The minimum atomic E-state index is -4.93. The third kappa shape index (κ3) is 5.47. The van der Waals surface area contributed by atoms with E-state index in [0.29, 0.717) is 24.4 Å². The first-order valence-corrected chi connectivity index (χ1v) is 10.8. The topological polar surface area (TPSA) is 44.4 Å². The third-order valence-corrected chi connectivity index (χ3v) is 5.61. The first-order valence-electron chi connectivity index (χ1n) is 10.8. The summed E-state index contributed by atoms with van der Waals surface area (Å²) in [6.07, 6.45) is -1.86. The largest absolute Gasteiger partial charge is 0.417 e. The predicted molar refractivity (Wildman–Crippen MR) is 124 cm³/mol. The van der Waals surface area contributed by atoms with Gasteiger partial charge in [0, 0.05) is 30.7 Å². The number of rotatable bonds is 5. The Morgan fingerprint density at radius 1 is 1.12 bits per heavy atom. The van der Waals surface area contributed by atoms with Crippen LogP contribution in [0.3, 0.4) is 0 Å². The molecule has 2 aromatic rings. The van der Waals surface area contributed by atoms with Crippen LogP contribution in [0.15, 0.2) is 49.1 Å². The summed E-state index contributed by atoms with van der Waals surface area (Å²) in [4.78, 5) is 14.8. The Morgan fingerprint density at radius 3 is 2.32 bits per heavy atom. The molecule has 1 aliphatic heterocycles. The van der Waals surface area contributed by atoms with E-state index in [-0.39, 0.29) is 29.4 Å². The Bertz CT molecular complexity index is 1120. The second-order valence-electron chi connectivity index (χ2n) is 8.31. The van der Waals surface area contributed by atoms with Crippen molar-refractivity contribution in [3.05, 3.63) is 77.4 Å². The molecule has 0 spiro atoms. The second-order valence-corrected chi connectivity index (χ2v) is 8.31. The Morgan fingerprint density at radius 2 is 1.76 bits per heavy atom. The zero-order chi connectivity index (χ0) is 25.2. The number of carbonyl (C=O) groups excluding carboxylic acids is 1. The van der Waals surface area contributed by atoms with Gasteiger partial charge in [-0.05, 0) is 56.7 Å². The molecule has 0 bridgehead atoms. The minimum absolute atomic E-state index is 0.0586. The number of nitrogens with zero attached hydrogens (tertiary/aromatic N) is 1. The van der Waals surface area contributed by atoms with E-state index in [1.165, 1.54) is 18.2 Å². The monoisotopic (exact) mass is 479 g/mol. The predicted octanol–water partition coefficient (Wildman–Crippen LogP) is 6.01. The highest BCUT2D eigenvalue weighted by atomic mass is 19.4. The minimum Gasteiger partial charge on any atom is -0.367 e. The maximum absolute atomic E-state index is 15.1. The fraction of sp³-hybridized carbons (Fsp3) is 0.320. The average molecular weight is 479 g/mol. The maximum atomic E-state index is 15.1. The maximum Gasteiger partial charge on any atom is 0.417 e. The van der Waals surface area contributed by atoms with Crippen molar-refractivity contribution in [2.75, 3.05) is 23.3 Å². The lowest BCUT2D eigenvalue weighted by Gasteiger charge is -2.38. The van der Waals surface area contributed by atoms with E-state index in [1.807, 2.05) is 18.7 Å². The van der Waals surface area contributed by atoms with Crippen LogP contribution in [0.5, 0.6) is 0 Å². The SMILES string of the molecule is C=C/C(=C\C)c1cc(NC(=O)c2ccc(F)cc2C(F)(F)F)c(N2C[C@H](C)N[C@@H](C)C2)cc1F. The van der Waals surface area contributed by atoms with E-state index in [2.05, 4.69) is 17.2 Å². The summed E-state index contributed by atoms with van der Waals surface area (Å²) in [7, 11) is 0. The van der Waals surface area contributed by atoms with Gasteiger partial charge in [-0.25, -0.2) is 8.78 Å². The molecule has 0 saturated carbocycles. The molecule has 9 heteroatoms. The fourth-order valence-electron chi connectivity index (χ4n) is 4.19. The lowest BCUT2D eigenvalue weighted by molar-refractivity contribution is -0.138. The number of nitrogens with one attached hydrogen (secondary N) is 2. The van der Waals surface area contributed by atoms with Crippen molar-refractivity contribution >= 4 is 22.9 Å². The lowest BCUT2D eigenvalue weighted by Crippen LogP contribution is -2.54. The molecular weight excluding hydrogens is 453 g/mol. The quantitative estimate of drug-likeness (QED) is 0.408. The van der Waals surface area contributed by atoms with Crippen LogP contribution in [0.4, 0.5) is 33.3 Å². The molecule has 0 unspecified atom stereocenters. The molecule has 34 heavy (non-hydrogen) atoms. The summed E-state index contributed by atoms with van der Waals surface area (Å²) < 4.78 is 69.0. The van der Waals surface area contributed by atoms with E-state index < -0.39 is 34.8 Å². The number of hydrogen-bond acceptors (Lipinski definition) is 3. The average Bonchev–Trinajstić information content (AvgIpc) is 2.75. The second kappa shape index (κ2) is 9.97. The molecule has 182 valence electrons. The molecular formula is C25H26F5N3O. The molecule has 2 aromatic carbocycles. The van der Waals surface area contributed by atoms with Gasteiger partial charge in [0.2, 0.25) is 0 Å². The number of benzene rings is 2. The highest BCUT2D eigenvalue weighted by Gasteiger charge is 2.36. The van der Waals surface area contributed by atoms with Gasteiger partial charge in [-0.1, -0.05) is 18.7 Å². The van der Waals surface area contributed by atoms with Gasteiger partial charge < -0.3 is 15.5 Å². The molecule has 1 heterocycles. The lowest BCUT2D eigenvalue weighted by atomic mass is 10.0. The van der Waals surface area contributed by atoms with Gasteiger partial charge in [0.25, 0.3) is 5.91 Å². The molecule has 3 rings (SSSR count). The van der Waals surface area contributed by atoms with Crippen LogP contribution in [0.25, 0.3) is 5.57 Å². The number of carbonyl (C=O) groups is 1. The fourth-order valence-corrected chi connectivity index (χ4v) is 4.19. The summed E-state index contributed by atoms with van der Waals surface area (Å²) in [6, 6.07) is 4.61. The van der Waals surface area contributed by atoms with Crippen molar-refractivity contribution in [2.45, 2.75) is 39.0 Å². The van der Waals surface area contributed by atoms with Crippen molar-refractivity contribution in [3.63, 3.8) is 0 Å². The molecule has 2 N–H and O–H groups in total. The van der Waals surface area contributed by atoms with E-state index in [1.54, 1.807) is 13.0 Å². The Kier molecular flexibility index (Phi) is 7.45. The highest BCUT2D eigenvalue weighted by molar-refractivity contribution is 6.07. The number of amides is 1. The Hall–Kier alpha value is -3.20. The summed E-state index contributed by atoms with van der Waals surface area (Å²) in [5.74, 6) is -2.75. The summed E-state index contributed by atoms with van der Waals surface area (Å²) in [5.41, 5.74) is -1.05. The van der Waals surface area contributed by atoms with Gasteiger partial charge in [0.15, 0.2) is 0 Å². The Labute approximate surface area is 195 Å². The van der Waals surface area contributed by atoms with Crippen LogP contribution in [0.2, 0.25) is 0 Å². The summed E-state index contributed by atoms with van der Waals surface area (Å²) >= 11 is 0. The van der Waals surface area contributed by atoms with E-state index in [0.717, 1.165) is 12.1 Å². The molecule has 1 saturated heterocycles. The van der Waals surface area contributed by atoms with Crippen LogP contribution >= 0.6 is 0 Å². The molecule has 4 nitrogen and oxygen atoms in total. The van der Waals surface area contributed by atoms with E-state index >= 15 is 4.39 Å². The number of halogens is 5. The van der Waals surface area contributed by atoms with Crippen LogP contribution < -0.4 is 15.5 Å². The number of anilines is 2. The first-order chi connectivity index (χ1) is 15.9. The van der Waals surface area contributed by atoms with Crippen molar-refractivity contribution in [1.82, 2.24) is 5.32 Å². The van der Waals surface area contributed by atoms with E-state index in [9.17, 15) is 22.4 Å². The smallest absolute Gasteiger partial charge is 0.367 e. The number of allylic oxidation sites excluding steroid dienone is 3. The third-order valence-electron chi connectivity index (χ3n) is 5.61. The van der Waals surface area contributed by atoms with Gasteiger partial charge >= 0.3 is 6.18 Å². The number of piperazine rings is 1. The van der Waals surface area contributed by atoms with Crippen molar-refractivity contribution in [1.29, 1.82) is 0 Å². The molecule has 2 atom stereocenters. The highest BCUT2D eigenvalue weighted by Crippen LogP contribution is 2.36. The van der Waals surface area contributed by atoms with Gasteiger partial charge in [-0.3, -0.25) is 4.79 Å². The standard InChI is InChI=1S/C25H26F5N3O/c1-5-16(6-2)19-10-22(23(11-21(19)27)33-12-14(3)31-15(4)13-33)32-24(34)18-8-7-17(26)9-20(18)25(28,29)30/h5-11,14-15,31H,1,12-13H2,2-4H3,(H,32,34)/b16-6+/t14-,15-/m0/s1. The summed E-state index contributed by atoms with van der Waals surface area (Å²) in [6.45, 7) is 10.3. The molecule has 0 radical (unpaired) electrons. The van der Waals surface area contributed by atoms with E-state index in [4.69, 9.17) is 0 Å². The van der Waals surface area contributed by atoms with Crippen LogP contribution in [0, 0.1) is 11.6 Å². The molecule has 1 aliphatic rings. The van der Waals surface area contributed by atoms with Gasteiger partial charge in [-0.2, -0.15) is 13.2 Å². The molecule has 0 aromatic heterocycles. The molecule has 1 fully saturated rings. The van der Waals surface area contributed by atoms with Gasteiger partial charge in [0.1, 0.15) is 11.6 Å². The van der Waals surface area contributed by atoms with Crippen molar-refractivity contribution in [2.24, 2.45) is 0 Å². The Balaban J connectivity index is 2.11. The van der Waals surface area contributed by atoms with Gasteiger partial charge in [-0.15, -0.1) is 0 Å². The van der Waals surface area contributed by atoms with Crippen LogP contribution in [-0.4, -0.2) is 31.1 Å². The number of hydrogen-bond donors (Lipinski definition) is 2. The first kappa shape index (κ1) is 25.4. The summed E-state index contributed by atoms with van der Waals surface area (Å²) in [5, 5.41) is 5.86. The zero-order valence-electron chi connectivity index (χ0n) is 19.1. The molecule has 1 amide bonds. The van der Waals surface area contributed by atoms with Crippen molar-refractivity contribution < 1.29 is 26.7 Å². The van der Waals surface area contributed by atoms with Crippen LogP contribution in [-0.2, 0) is 6.18 Å². The molecule has 0 aliphatic carbocycles. The zero-order valence-corrected chi connectivity index (χ0v) is 19.1. The normalized spacial score (nSPS) is 19.2.